The Kier molecular flexibility index (Phi) is 7.15. The van der Waals surface area contributed by atoms with Crippen LogP contribution in [0.3, 0.4) is 0 Å². The third kappa shape index (κ3) is 5.51. The van der Waals surface area contributed by atoms with E-state index in [0.29, 0.717) is 6.54 Å². The lowest BCUT2D eigenvalue weighted by Gasteiger charge is -2.41. The number of rotatable bonds is 7. The van der Waals surface area contributed by atoms with Gasteiger partial charge in [0.05, 0.1) is 12.7 Å². The van der Waals surface area contributed by atoms with Crippen molar-refractivity contribution in [3.8, 4) is 5.75 Å². The van der Waals surface area contributed by atoms with Crippen molar-refractivity contribution >= 4 is 6.09 Å². The number of nitrogens with zero attached hydrogens (tertiary/aromatic N) is 1. The molecule has 1 amide bonds. The van der Waals surface area contributed by atoms with Gasteiger partial charge in [-0.05, 0) is 36.1 Å². The molecule has 0 radical (unpaired) electrons. The summed E-state index contributed by atoms with van der Waals surface area (Å²) in [5, 5.41) is 11.4. The van der Waals surface area contributed by atoms with E-state index in [0.717, 1.165) is 49.0 Å². The van der Waals surface area contributed by atoms with Crippen molar-refractivity contribution in [1.82, 2.24) is 4.90 Å². The fraction of sp³-hybridized carbons (Fsp3) is 0.458. The zero-order valence-electron chi connectivity index (χ0n) is 17.3. The monoisotopic (exact) mass is 397 g/mol. The summed E-state index contributed by atoms with van der Waals surface area (Å²) < 4.78 is 10.7. The number of aliphatic hydroxyl groups is 1. The van der Waals surface area contributed by atoms with Crippen LogP contribution in [0.2, 0.25) is 0 Å². The highest BCUT2D eigenvalue weighted by Crippen LogP contribution is 2.40. The first-order chi connectivity index (χ1) is 14.0. The molecule has 1 atom stereocenters. The molecule has 0 spiro atoms. The number of ether oxygens (including phenoxy) is 2. The number of benzene rings is 2. The van der Waals surface area contributed by atoms with Crippen molar-refractivity contribution in [2.24, 2.45) is 0 Å². The summed E-state index contributed by atoms with van der Waals surface area (Å²) in [6, 6.07) is 17.4. The average molecular weight is 398 g/mol. The van der Waals surface area contributed by atoms with E-state index < -0.39 is 5.60 Å². The average Bonchev–Trinajstić information content (AvgIpc) is 2.77. The van der Waals surface area contributed by atoms with E-state index in [1.54, 1.807) is 19.1 Å². The van der Waals surface area contributed by atoms with Gasteiger partial charge in [0.2, 0.25) is 0 Å². The standard InChI is InChI=1S/C24H31NO4/c1-25(23(26)29-18-19-9-5-3-6-10-19)17-22(24(27)15-7-4-8-16-24)20-11-13-21(28-2)14-12-20/h3,5-6,9-14,22,27H,4,7-8,15-18H2,1-2H3. The molecule has 1 aliphatic carbocycles. The molecule has 2 aromatic carbocycles. The van der Waals surface area contributed by atoms with Crippen molar-refractivity contribution in [1.29, 1.82) is 0 Å². The van der Waals surface area contributed by atoms with Crippen molar-refractivity contribution in [3.05, 3.63) is 65.7 Å². The Labute approximate surface area is 173 Å². The van der Waals surface area contributed by atoms with Crippen LogP contribution in [0.5, 0.6) is 5.75 Å². The Morgan fingerprint density at radius 2 is 1.72 bits per heavy atom. The van der Waals surface area contributed by atoms with Gasteiger partial charge in [0.25, 0.3) is 0 Å². The summed E-state index contributed by atoms with van der Waals surface area (Å²) in [7, 11) is 3.37. The van der Waals surface area contributed by atoms with Gasteiger partial charge < -0.3 is 19.5 Å². The number of carbonyl (C=O) groups is 1. The van der Waals surface area contributed by atoms with Crippen LogP contribution in [0.4, 0.5) is 4.79 Å². The van der Waals surface area contributed by atoms with Crippen LogP contribution in [0.15, 0.2) is 54.6 Å². The highest BCUT2D eigenvalue weighted by atomic mass is 16.6. The van der Waals surface area contributed by atoms with E-state index in [1.165, 1.54) is 0 Å². The van der Waals surface area contributed by atoms with Gasteiger partial charge in [-0.25, -0.2) is 4.79 Å². The maximum absolute atomic E-state index is 12.6. The number of hydrogen-bond donors (Lipinski definition) is 1. The second-order valence-corrected chi connectivity index (χ2v) is 7.91. The maximum Gasteiger partial charge on any atom is 0.409 e. The second kappa shape index (κ2) is 9.79. The summed E-state index contributed by atoms with van der Waals surface area (Å²) >= 11 is 0. The molecular formula is C24H31NO4. The molecule has 29 heavy (non-hydrogen) atoms. The SMILES string of the molecule is COc1ccc(C(CN(C)C(=O)OCc2ccccc2)C2(O)CCCCC2)cc1. The molecule has 2 aromatic rings. The van der Waals surface area contributed by atoms with Gasteiger partial charge in [-0.3, -0.25) is 0 Å². The Morgan fingerprint density at radius 1 is 1.07 bits per heavy atom. The molecule has 0 aromatic heterocycles. The van der Waals surface area contributed by atoms with Gasteiger partial charge >= 0.3 is 6.09 Å². The molecule has 5 nitrogen and oxygen atoms in total. The topological polar surface area (TPSA) is 59.0 Å². The Hall–Kier alpha value is -2.53. The number of carbonyl (C=O) groups excluding carboxylic acids is 1. The molecule has 0 aliphatic heterocycles. The molecule has 1 N–H and O–H groups in total. The van der Waals surface area contributed by atoms with Crippen molar-refractivity contribution in [2.75, 3.05) is 20.7 Å². The summed E-state index contributed by atoms with van der Waals surface area (Å²) in [5.41, 5.74) is 1.14. The summed E-state index contributed by atoms with van der Waals surface area (Å²) in [4.78, 5) is 14.1. The minimum Gasteiger partial charge on any atom is -0.497 e. The zero-order chi connectivity index (χ0) is 20.7. The Morgan fingerprint density at radius 3 is 2.34 bits per heavy atom. The molecule has 1 fully saturated rings. The van der Waals surface area contributed by atoms with Gasteiger partial charge in [-0.15, -0.1) is 0 Å². The van der Waals surface area contributed by atoms with Gasteiger partial charge in [0.15, 0.2) is 0 Å². The molecule has 0 heterocycles. The molecule has 1 unspecified atom stereocenters. The minimum absolute atomic E-state index is 0.178. The van der Waals surface area contributed by atoms with Gasteiger partial charge in [-0.2, -0.15) is 0 Å². The normalized spacial score (nSPS) is 16.7. The third-order valence-corrected chi connectivity index (χ3v) is 5.86. The summed E-state index contributed by atoms with van der Waals surface area (Å²) in [6.07, 6.45) is 4.27. The number of amides is 1. The van der Waals surface area contributed by atoms with Crippen LogP contribution >= 0.6 is 0 Å². The lowest BCUT2D eigenvalue weighted by atomic mass is 9.72. The highest BCUT2D eigenvalue weighted by Gasteiger charge is 2.40. The van der Waals surface area contributed by atoms with Crippen LogP contribution in [0.1, 0.15) is 49.1 Å². The quantitative estimate of drug-likeness (QED) is 0.733. The Bertz CT molecular complexity index is 769. The first-order valence-electron chi connectivity index (χ1n) is 10.3. The molecule has 1 saturated carbocycles. The molecule has 1 aliphatic rings. The first kappa shape index (κ1) is 21.2. The fourth-order valence-electron chi connectivity index (χ4n) is 4.11. The van der Waals surface area contributed by atoms with Gasteiger partial charge in [-0.1, -0.05) is 61.7 Å². The molecule has 0 bridgehead atoms. The molecule has 0 saturated heterocycles. The van der Waals surface area contributed by atoms with Crippen molar-refractivity contribution in [2.45, 2.75) is 50.2 Å². The second-order valence-electron chi connectivity index (χ2n) is 7.91. The Balaban J connectivity index is 1.72. The molecule has 5 heteroatoms. The third-order valence-electron chi connectivity index (χ3n) is 5.86. The molecular weight excluding hydrogens is 366 g/mol. The van der Waals surface area contributed by atoms with E-state index >= 15 is 0 Å². The fourth-order valence-corrected chi connectivity index (χ4v) is 4.11. The number of hydrogen-bond acceptors (Lipinski definition) is 4. The van der Waals surface area contributed by atoms with Crippen LogP contribution in [0.25, 0.3) is 0 Å². The number of methoxy groups -OCH3 is 1. The molecule has 156 valence electrons. The van der Waals surface area contributed by atoms with Crippen molar-refractivity contribution < 1.29 is 19.4 Å². The largest absolute Gasteiger partial charge is 0.497 e. The predicted octanol–water partition coefficient (Wildman–Crippen LogP) is 4.74. The highest BCUT2D eigenvalue weighted by molar-refractivity contribution is 5.67. The van der Waals surface area contributed by atoms with Crippen LogP contribution in [-0.4, -0.2) is 42.4 Å². The lowest BCUT2D eigenvalue weighted by molar-refractivity contribution is -0.0289. The minimum atomic E-state index is -0.819. The summed E-state index contributed by atoms with van der Waals surface area (Å²) in [5.74, 6) is 0.599. The lowest BCUT2D eigenvalue weighted by Crippen LogP contribution is -2.44. The van der Waals surface area contributed by atoms with Gasteiger partial charge in [0, 0.05) is 19.5 Å². The van der Waals surface area contributed by atoms with Crippen LogP contribution in [0, 0.1) is 0 Å². The van der Waals surface area contributed by atoms with E-state index in [1.807, 2.05) is 54.6 Å². The van der Waals surface area contributed by atoms with Gasteiger partial charge in [0.1, 0.15) is 12.4 Å². The van der Waals surface area contributed by atoms with E-state index in [-0.39, 0.29) is 18.6 Å². The number of likely N-dealkylation sites (N-methyl/N-ethyl adjacent to an activating group) is 1. The van der Waals surface area contributed by atoms with Crippen LogP contribution < -0.4 is 4.74 Å². The first-order valence-corrected chi connectivity index (χ1v) is 10.3. The maximum atomic E-state index is 12.6. The summed E-state index contributed by atoms with van der Waals surface area (Å²) in [6.45, 7) is 0.637. The zero-order valence-corrected chi connectivity index (χ0v) is 17.3. The van der Waals surface area contributed by atoms with Crippen LogP contribution in [-0.2, 0) is 11.3 Å². The van der Waals surface area contributed by atoms with Crippen molar-refractivity contribution in [3.63, 3.8) is 0 Å². The smallest absolute Gasteiger partial charge is 0.409 e. The predicted molar refractivity (Wildman–Crippen MR) is 113 cm³/mol. The molecule has 3 rings (SSSR count). The van der Waals surface area contributed by atoms with E-state index in [2.05, 4.69) is 0 Å². The van der Waals surface area contributed by atoms with E-state index in [9.17, 15) is 9.90 Å². The van der Waals surface area contributed by atoms with E-state index in [4.69, 9.17) is 9.47 Å².